The third-order valence-electron chi connectivity index (χ3n) is 5.34. The fourth-order valence-corrected chi connectivity index (χ4v) is 5.25. The molecule has 0 spiro atoms. The Morgan fingerprint density at radius 1 is 1.14 bits per heavy atom. The number of nitrogens with zero attached hydrogens (tertiary/aromatic N) is 3. The molecule has 2 aromatic carbocycles. The van der Waals surface area contributed by atoms with Crippen molar-refractivity contribution in [2.24, 2.45) is 0 Å². The van der Waals surface area contributed by atoms with Crippen molar-refractivity contribution < 1.29 is 19.1 Å². The van der Waals surface area contributed by atoms with E-state index < -0.39 is 5.97 Å². The summed E-state index contributed by atoms with van der Waals surface area (Å²) in [6.07, 6.45) is 1.74. The molecule has 4 aromatic rings. The van der Waals surface area contributed by atoms with Crippen molar-refractivity contribution in [3.05, 3.63) is 89.6 Å². The van der Waals surface area contributed by atoms with Crippen molar-refractivity contribution in [1.29, 1.82) is 0 Å². The Morgan fingerprint density at radius 3 is 2.59 bits per heavy atom. The molecule has 2 heterocycles. The second kappa shape index (κ2) is 12.4. The van der Waals surface area contributed by atoms with Crippen LogP contribution < -0.4 is 10.1 Å². The zero-order chi connectivity index (χ0) is 26.2. The van der Waals surface area contributed by atoms with Gasteiger partial charge in [-0.25, -0.2) is 4.79 Å². The maximum Gasteiger partial charge on any atom is 0.341 e. The van der Waals surface area contributed by atoms with Crippen LogP contribution in [0.4, 0.5) is 5.00 Å². The van der Waals surface area contributed by atoms with Crippen LogP contribution in [-0.4, -0.2) is 39.5 Å². The summed E-state index contributed by atoms with van der Waals surface area (Å²) >= 11 is 2.52. The summed E-state index contributed by atoms with van der Waals surface area (Å²) in [5, 5.41) is 14.2. The average molecular weight is 535 g/mol. The molecular weight excluding hydrogens is 508 g/mol. The molecule has 4 rings (SSSR count). The lowest BCUT2D eigenvalue weighted by Crippen LogP contribution is -2.16. The molecule has 0 aliphatic rings. The summed E-state index contributed by atoms with van der Waals surface area (Å²) in [5.74, 6) is 0.656. The van der Waals surface area contributed by atoms with E-state index in [4.69, 9.17) is 9.47 Å². The molecule has 1 N–H and O–H groups in total. The number of amides is 1. The Balaban J connectivity index is 1.43. The molecule has 0 saturated heterocycles. The van der Waals surface area contributed by atoms with Gasteiger partial charge in [0.05, 0.1) is 12.9 Å². The number of hydrogen-bond donors (Lipinski definition) is 1. The van der Waals surface area contributed by atoms with Crippen molar-refractivity contribution in [3.8, 4) is 16.9 Å². The van der Waals surface area contributed by atoms with Gasteiger partial charge in [0.2, 0.25) is 5.91 Å². The van der Waals surface area contributed by atoms with Crippen LogP contribution in [0.3, 0.4) is 0 Å². The molecule has 0 saturated carbocycles. The number of thioether (sulfide) groups is 1. The molecule has 37 heavy (non-hydrogen) atoms. The summed E-state index contributed by atoms with van der Waals surface area (Å²) in [6.45, 7) is 6.53. The lowest BCUT2D eigenvalue weighted by molar-refractivity contribution is -0.113. The van der Waals surface area contributed by atoms with Crippen LogP contribution in [0.15, 0.2) is 77.8 Å². The second-order valence-electron chi connectivity index (χ2n) is 7.95. The minimum absolute atomic E-state index is 0.0767. The third-order valence-corrected chi connectivity index (χ3v) is 7.21. The summed E-state index contributed by atoms with van der Waals surface area (Å²) in [5.41, 5.74) is 3.07. The number of allylic oxidation sites excluding steroid dienone is 1. The molecule has 0 bridgehead atoms. The third kappa shape index (κ3) is 6.46. The van der Waals surface area contributed by atoms with Crippen molar-refractivity contribution in [2.75, 3.05) is 18.2 Å². The van der Waals surface area contributed by atoms with E-state index in [2.05, 4.69) is 22.1 Å². The number of aromatic nitrogens is 3. The molecule has 8 nitrogen and oxygen atoms in total. The Bertz CT molecular complexity index is 1380. The summed E-state index contributed by atoms with van der Waals surface area (Å²) in [6, 6.07) is 17.3. The van der Waals surface area contributed by atoms with Gasteiger partial charge in [0.1, 0.15) is 22.9 Å². The number of methoxy groups -OCH3 is 1. The van der Waals surface area contributed by atoms with Crippen LogP contribution in [-0.2, 0) is 22.7 Å². The van der Waals surface area contributed by atoms with Crippen LogP contribution in [0, 0.1) is 6.92 Å². The maximum absolute atomic E-state index is 12.8. The minimum Gasteiger partial charge on any atom is -0.486 e. The van der Waals surface area contributed by atoms with E-state index in [0.29, 0.717) is 33.7 Å². The highest BCUT2D eigenvalue weighted by atomic mass is 32.2. The van der Waals surface area contributed by atoms with Crippen molar-refractivity contribution in [1.82, 2.24) is 14.8 Å². The fraction of sp³-hybridized carbons (Fsp3) is 0.185. The number of thiophene rings is 1. The van der Waals surface area contributed by atoms with Gasteiger partial charge in [-0.2, -0.15) is 0 Å². The average Bonchev–Trinajstić information content (AvgIpc) is 3.51. The first-order valence-corrected chi connectivity index (χ1v) is 13.3. The number of carbonyl (C=O) groups excluding carboxylic acids is 2. The van der Waals surface area contributed by atoms with Gasteiger partial charge in [-0.05, 0) is 24.6 Å². The smallest absolute Gasteiger partial charge is 0.341 e. The summed E-state index contributed by atoms with van der Waals surface area (Å²) in [7, 11) is 1.32. The predicted molar refractivity (Wildman–Crippen MR) is 146 cm³/mol. The van der Waals surface area contributed by atoms with Crippen LogP contribution >= 0.6 is 23.1 Å². The van der Waals surface area contributed by atoms with Crippen LogP contribution in [0.2, 0.25) is 0 Å². The van der Waals surface area contributed by atoms with Gasteiger partial charge in [-0.15, -0.1) is 28.1 Å². The Hall–Kier alpha value is -3.89. The van der Waals surface area contributed by atoms with Crippen molar-refractivity contribution in [2.45, 2.75) is 25.2 Å². The monoisotopic (exact) mass is 534 g/mol. The number of rotatable bonds is 11. The van der Waals surface area contributed by atoms with Gasteiger partial charge in [-0.3, -0.25) is 9.36 Å². The van der Waals surface area contributed by atoms with Crippen LogP contribution in [0.5, 0.6) is 5.75 Å². The van der Waals surface area contributed by atoms with Crippen molar-refractivity contribution >= 4 is 40.0 Å². The van der Waals surface area contributed by atoms with Crippen molar-refractivity contribution in [3.63, 3.8) is 0 Å². The molecule has 0 aliphatic carbocycles. The van der Waals surface area contributed by atoms with E-state index in [1.165, 1.54) is 30.2 Å². The zero-order valence-corrected chi connectivity index (χ0v) is 22.1. The molecule has 1 amide bonds. The first-order valence-electron chi connectivity index (χ1n) is 11.4. The van der Waals surface area contributed by atoms with Gasteiger partial charge in [-0.1, -0.05) is 65.9 Å². The van der Waals surface area contributed by atoms with Crippen LogP contribution in [0.25, 0.3) is 11.1 Å². The number of nitrogens with one attached hydrogen (secondary N) is 1. The zero-order valence-electron chi connectivity index (χ0n) is 20.5. The minimum atomic E-state index is -0.507. The second-order valence-corrected chi connectivity index (χ2v) is 9.77. The Morgan fingerprint density at radius 2 is 1.89 bits per heavy atom. The molecule has 190 valence electrons. The molecule has 0 aliphatic heterocycles. The molecule has 0 fully saturated rings. The van der Waals surface area contributed by atoms with E-state index in [-0.39, 0.29) is 18.3 Å². The van der Waals surface area contributed by atoms with Gasteiger partial charge >= 0.3 is 5.97 Å². The number of aryl methyl sites for hydroxylation is 1. The highest BCUT2D eigenvalue weighted by Gasteiger charge is 2.23. The first-order chi connectivity index (χ1) is 18.0. The van der Waals surface area contributed by atoms with Gasteiger partial charge in [0, 0.05) is 17.5 Å². The van der Waals surface area contributed by atoms with E-state index in [1.54, 1.807) is 6.08 Å². The molecule has 0 radical (unpaired) electrons. The molecule has 0 atom stereocenters. The number of anilines is 1. The molecule has 2 aromatic heterocycles. The van der Waals surface area contributed by atoms with Crippen LogP contribution in [0.1, 0.15) is 21.7 Å². The van der Waals surface area contributed by atoms with E-state index in [9.17, 15) is 9.59 Å². The number of ether oxygens (including phenoxy) is 2. The Labute approximate surface area is 223 Å². The fourth-order valence-electron chi connectivity index (χ4n) is 3.50. The Kier molecular flexibility index (Phi) is 8.76. The predicted octanol–water partition coefficient (Wildman–Crippen LogP) is 5.60. The normalized spacial score (nSPS) is 10.6. The molecular formula is C27H26N4O4S2. The van der Waals surface area contributed by atoms with E-state index in [0.717, 1.165) is 16.9 Å². The quantitative estimate of drug-likeness (QED) is 0.152. The van der Waals surface area contributed by atoms with Gasteiger partial charge in [0.25, 0.3) is 0 Å². The number of esters is 1. The highest BCUT2D eigenvalue weighted by Crippen LogP contribution is 2.36. The SMILES string of the molecule is C=CCn1c(COc2ccc(C)cc2)nnc1SCC(=O)Nc1scc(-c2ccccc2)c1C(=O)OC. The summed E-state index contributed by atoms with van der Waals surface area (Å²) < 4.78 is 12.7. The topological polar surface area (TPSA) is 95.3 Å². The van der Waals surface area contributed by atoms with E-state index >= 15 is 0 Å². The number of benzene rings is 2. The maximum atomic E-state index is 12.8. The molecule has 0 unspecified atom stereocenters. The molecule has 10 heteroatoms. The number of carbonyl (C=O) groups is 2. The van der Waals surface area contributed by atoms with Gasteiger partial charge in [0.15, 0.2) is 11.0 Å². The highest BCUT2D eigenvalue weighted by molar-refractivity contribution is 7.99. The van der Waals surface area contributed by atoms with E-state index in [1.807, 2.05) is 71.5 Å². The lowest BCUT2D eigenvalue weighted by atomic mass is 10.0. The largest absolute Gasteiger partial charge is 0.486 e. The summed E-state index contributed by atoms with van der Waals surface area (Å²) in [4.78, 5) is 25.4. The lowest BCUT2D eigenvalue weighted by Gasteiger charge is -2.10. The number of hydrogen-bond acceptors (Lipinski definition) is 8. The standard InChI is InChI=1S/C27H26N4O4S2/c1-4-14-31-22(15-35-20-12-10-18(2)11-13-20)29-30-27(31)37-17-23(32)28-25-24(26(33)34-3)21(16-36-25)19-8-6-5-7-9-19/h4-13,16H,1,14-15,17H2,2-3H3,(H,28,32). The van der Waals surface area contributed by atoms with Gasteiger partial charge < -0.3 is 14.8 Å². The first kappa shape index (κ1) is 26.2.